The zero-order chi connectivity index (χ0) is 16.6. The number of nitrogens with zero attached hydrogens (tertiary/aromatic N) is 3. The van der Waals surface area contributed by atoms with Crippen LogP contribution in [0.15, 0.2) is 41.3 Å². The molecular formula is C13H10N4O4S2. The molecule has 0 aliphatic rings. The van der Waals surface area contributed by atoms with Crippen LogP contribution in [0, 0.1) is 17.0 Å². The van der Waals surface area contributed by atoms with E-state index in [1.54, 1.807) is 12.1 Å². The maximum absolute atomic E-state index is 12.6. The molecule has 2 aromatic carbocycles. The minimum Gasteiger partial charge on any atom is -0.279 e. The lowest BCUT2D eigenvalue weighted by Gasteiger charge is -2.10. The van der Waals surface area contributed by atoms with E-state index < -0.39 is 14.9 Å². The Morgan fingerprint density at radius 2 is 1.91 bits per heavy atom. The number of fused-ring (bicyclic) bond motifs is 1. The molecule has 0 bridgehead atoms. The lowest BCUT2D eigenvalue weighted by Crippen LogP contribution is -2.14. The smallest absolute Gasteiger partial charge is 0.274 e. The molecule has 0 aliphatic heterocycles. The Morgan fingerprint density at radius 1 is 1.17 bits per heavy atom. The van der Waals surface area contributed by atoms with Crippen LogP contribution in [-0.2, 0) is 10.0 Å². The molecule has 1 heterocycles. The number of anilines is 1. The summed E-state index contributed by atoms with van der Waals surface area (Å²) in [6, 6.07) is 8.86. The van der Waals surface area contributed by atoms with Gasteiger partial charge in [-0.3, -0.25) is 14.8 Å². The van der Waals surface area contributed by atoms with Gasteiger partial charge in [0.2, 0.25) is 0 Å². The Balaban J connectivity index is 2.08. The summed E-state index contributed by atoms with van der Waals surface area (Å²) < 4.78 is 35.6. The number of benzene rings is 2. The van der Waals surface area contributed by atoms with Crippen molar-refractivity contribution in [2.45, 2.75) is 11.8 Å². The lowest BCUT2D eigenvalue weighted by molar-refractivity contribution is -0.385. The highest BCUT2D eigenvalue weighted by molar-refractivity contribution is 7.93. The number of rotatable bonds is 4. The maximum atomic E-state index is 12.6. The minimum absolute atomic E-state index is 0.0188. The van der Waals surface area contributed by atoms with Gasteiger partial charge in [0.25, 0.3) is 15.7 Å². The molecule has 0 fully saturated rings. The first-order chi connectivity index (χ1) is 10.9. The quantitative estimate of drug-likeness (QED) is 0.571. The molecule has 1 aromatic heterocycles. The van der Waals surface area contributed by atoms with E-state index >= 15 is 0 Å². The summed E-state index contributed by atoms with van der Waals surface area (Å²) in [4.78, 5) is 10.4. The van der Waals surface area contributed by atoms with E-state index in [-0.39, 0.29) is 27.4 Å². The fourth-order valence-electron chi connectivity index (χ4n) is 2.13. The molecule has 10 heteroatoms. The molecule has 23 heavy (non-hydrogen) atoms. The van der Waals surface area contributed by atoms with Gasteiger partial charge in [0.1, 0.15) is 15.9 Å². The molecule has 3 aromatic rings. The summed E-state index contributed by atoms with van der Waals surface area (Å²) in [7, 11) is -3.94. The Kier molecular flexibility index (Phi) is 3.70. The van der Waals surface area contributed by atoms with Gasteiger partial charge in [0.05, 0.1) is 27.9 Å². The summed E-state index contributed by atoms with van der Waals surface area (Å²) in [6.07, 6.45) is 0. The molecule has 0 saturated carbocycles. The molecule has 0 unspecified atom stereocenters. The van der Waals surface area contributed by atoms with Crippen LogP contribution >= 0.6 is 11.7 Å². The molecule has 3 rings (SSSR count). The van der Waals surface area contributed by atoms with Crippen LogP contribution < -0.4 is 4.72 Å². The van der Waals surface area contributed by atoms with Crippen molar-refractivity contribution in [1.82, 2.24) is 8.75 Å². The lowest BCUT2D eigenvalue weighted by atomic mass is 10.2. The first kappa shape index (κ1) is 15.3. The third-order valence-corrected chi connectivity index (χ3v) is 5.22. The molecule has 0 spiro atoms. The van der Waals surface area contributed by atoms with Crippen molar-refractivity contribution in [2.75, 3.05) is 4.72 Å². The summed E-state index contributed by atoms with van der Waals surface area (Å²) in [5.74, 6) is 0. The van der Waals surface area contributed by atoms with E-state index in [0.717, 1.165) is 11.7 Å². The van der Waals surface area contributed by atoms with Crippen LogP contribution in [-0.4, -0.2) is 22.1 Å². The Morgan fingerprint density at radius 3 is 2.65 bits per heavy atom. The Bertz CT molecular complexity index is 1010. The average Bonchev–Trinajstić information content (AvgIpc) is 2.97. The van der Waals surface area contributed by atoms with Crippen LogP contribution in [0.3, 0.4) is 0 Å². The summed E-state index contributed by atoms with van der Waals surface area (Å²) in [6.45, 7) is 1.49. The molecule has 0 atom stereocenters. The fraction of sp³-hybridized carbons (Fsp3) is 0.0769. The zero-order valence-electron chi connectivity index (χ0n) is 11.8. The molecule has 0 saturated heterocycles. The van der Waals surface area contributed by atoms with Crippen molar-refractivity contribution in [3.63, 3.8) is 0 Å². The van der Waals surface area contributed by atoms with Crippen molar-refractivity contribution < 1.29 is 13.3 Å². The maximum Gasteiger partial charge on any atom is 0.274 e. The number of aromatic nitrogens is 2. The summed E-state index contributed by atoms with van der Waals surface area (Å²) in [5.41, 5.74) is 0.990. The predicted octanol–water partition coefficient (Wildman–Crippen LogP) is 2.71. The van der Waals surface area contributed by atoms with Crippen molar-refractivity contribution in [3.8, 4) is 0 Å². The van der Waals surface area contributed by atoms with Crippen LogP contribution in [0.4, 0.5) is 11.4 Å². The van der Waals surface area contributed by atoms with Crippen molar-refractivity contribution in [2.24, 2.45) is 0 Å². The van der Waals surface area contributed by atoms with E-state index in [1.165, 1.54) is 31.2 Å². The normalized spacial score (nSPS) is 11.5. The molecule has 8 nitrogen and oxygen atoms in total. The second kappa shape index (κ2) is 5.56. The highest BCUT2D eigenvalue weighted by Gasteiger charge is 2.22. The highest BCUT2D eigenvalue weighted by Crippen LogP contribution is 2.28. The van der Waals surface area contributed by atoms with E-state index in [9.17, 15) is 18.5 Å². The van der Waals surface area contributed by atoms with Crippen LogP contribution in [0.25, 0.3) is 11.0 Å². The minimum atomic E-state index is -3.94. The Hall–Kier alpha value is -2.59. The SMILES string of the molecule is Cc1c(NS(=O)(=O)c2cccc3nsnc23)cccc1[N+](=O)[O-]. The number of nitro groups is 1. The molecule has 118 valence electrons. The molecule has 1 N–H and O–H groups in total. The number of sulfonamides is 1. The van der Waals surface area contributed by atoms with Crippen molar-refractivity contribution in [1.29, 1.82) is 0 Å². The van der Waals surface area contributed by atoms with Gasteiger partial charge in [-0.25, -0.2) is 8.42 Å². The van der Waals surface area contributed by atoms with Gasteiger partial charge >= 0.3 is 0 Å². The van der Waals surface area contributed by atoms with E-state index in [4.69, 9.17) is 0 Å². The van der Waals surface area contributed by atoms with E-state index in [2.05, 4.69) is 13.5 Å². The van der Waals surface area contributed by atoms with Gasteiger partial charge in [0.15, 0.2) is 0 Å². The van der Waals surface area contributed by atoms with Crippen LogP contribution in [0.2, 0.25) is 0 Å². The summed E-state index contributed by atoms with van der Waals surface area (Å²) in [5, 5.41) is 11.0. The predicted molar refractivity (Wildman–Crippen MR) is 86.1 cm³/mol. The average molecular weight is 350 g/mol. The monoisotopic (exact) mass is 350 g/mol. The third kappa shape index (κ3) is 2.73. The zero-order valence-corrected chi connectivity index (χ0v) is 13.4. The summed E-state index contributed by atoms with van der Waals surface area (Å²) >= 11 is 0.917. The van der Waals surface area contributed by atoms with Gasteiger partial charge in [-0.1, -0.05) is 12.1 Å². The van der Waals surface area contributed by atoms with Gasteiger partial charge in [0, 0.05) is 6.07 Å². The third-order valence-electron chi connectivity index (χ3n) is 3.28. The van der Waals surface area contributed by atoms with Gasteiger partial charge < -0.3 is 0 Å². The molecule has 0 amide bonds. The largest absolute Gasteiger partial charge is 0.279 e. The van der Waals surface area contributed by atoms with E-state index in [0.29, 0.717) is 5.52 Å². The van der Waals surface area contributed by atoms with Crippen LogP contribution in [0.5, 0.6) is 0 Å². The van der Waals surface area contributed by atoms with Crippen LogP contribution in [0.1, 0.15) is 5.56 Å². The number of nitro benzene ring substituents is 1. The first-order valence-electron chi connectivity index (χ1n) is 6.38. The number of hydrogen-bond donors (Lipinski definition) is 1. The number of nitrogens with one attached hydrogen (secondary N) is 1. The fourth-order valence-corrected chi connectivity index (χ4v) is 4.02. The molecule has 0 radical (unpaired) electrons. The second-order valence-electron chi connectivity index (χ2n) is 4.70. The Labute approximate surface area is 135 Å². The molecule has 0 aliphatic carbocycles. The van der Waals surface area contributed by atoms with Crippen molar-refractivity contribution >= 4 is 44.2 Å². The first-order valence-corrected chi connectivity index (χ1v) is 8.59. The van der Waals surface area contributed by atoms with E-state index in [1.807, 2.05) is 0 Å². The molecular weight excluding hydrogens is 340 g/mol. The standard InChI is InChI=1S/C13H10N4O4S2/c1-8-9(4-2-6-11(8)17(18)19)16-23(20,21)12-7-3-5-10-13(12)15-22-14-10/h2-7,16H,1H3. The topological polar surface area (TPSA) is 115 Å². The number of hydrogen-bond acceptors (Lipinski definition) is 7. The van der Waals surface area contributed by atoms with Gasteiger partial charge in [-0.15, -0.1) is 0 Å². The van der Waals surface area contributed by atoms with Crippen molar-refractivity contribution in [3.05, 3.63) is 52.1 Å². The highest BCUT2D eigenvalue weighted by atomic mass is 32.2. The van der Waals surface area contributed by atoms with Gasteiger partial charge in [-0.2, -0.15) is 8.75 Å². The van der Waals surface area contributed by atoms with Gasteiger partial charge in [-0.05, 0) is 25.1 Å². The second-order valence-corrected chi connectivity index (χ2v) is 6.88.